The molecule has 1 heterocycles. The van der Waals surface area contributed by atoms with Gasteiger partial charge in [-0.15, -0.1) is 0 Å². The van der Waals surface area contributed by atoms with Gasteiger partial charge in [-0.2, -0.15) is 14.3 Å². The molecule has 0 aliphatic heterocycles. The number of aryl methyl sites for hydroxylation is 2. The molecule has 0 radical (unpaired) electrons. The standard InChI is InChI=1S/C12H15N2O4P/c1-8-4-9(2)6-10(5-8)14-12(15)11(7-13-14)19(16,17)18-3/h4-7,16-17H,1-3H3/p+1. The number of nitrogens with one attached hydrogen (secondary N) is 1. The molecule has 7 heteroatoms. The first-order valence-corrected chi connectivity index (χ1v) is 7.26. The lowest BCUT2D eigenvalue weighted by molar-refractivity contribution is 0.292. The van der Waals surface area contributed by atoms with Gasteiger partial charge in [-0.05, 0) is 37.1 Å². The van der Waals surface area contributed by atoms with Crippen LogP contribution in [0.3, 0.4) is 0 Å². The van der Waals surface area contributed by atoms with Gasteiger partial charge >= 0.3 is 13.5 Å². The van der Waals surface area contributed by atoms with Gasteiger partial charge in [0.05, 0.1) is 19.0 Å². The number of nitrogens with zero attached hydrogens (tertiary/aromatic N) is 1. The van der Waals surface area contributed by atoms with E-state index >= 15 is 0 Å². The molecular weight excluding hydrogens is 267 g/mol. The molecule has 2 aromatic rings. The molecule has 0 saturated carbocycles. The maximum Gasteiger partial charge on any atom is 0.450 e. The Morgan fingerprint density at radius 3 is 2.32 bits per heavy atom. The SMILES string of the molecule is CO[P+](O)(O)c1c[nH]n(-c2cc(C)cc(C)c2)c1=O. The minimum atomic E-state index is -3.80. The van der Waals surface area contributed by atoms with Crippen LogP contribution >= 0.6 is 7.94 Å². The van der Waals surface area contributed by atoms with Crippen molar-refractivity contribution in [1.82, 2.24) is 9.78 Å². The molecule has 3 N–H and O–H groups in total. The summed E-state index contributed by atoms with van der Waals surface area (Å²) in [4.78, 5) is 31.5. The quantitative estimate of drug-likeness (QED) is 0.727. The van der Waals surface area contributed by atoms with Crippen molar-refractivity contribution in [2.24, 2.45) is 0 Å². The van der Waals surface area contributed by atoms with Crippen molar-refractivity contribution in [3.63, 3.8) is 0 Å². The van der Waals surface area contributed by atoms with E-state index in [-0.39, 0.29) is 5.30 Å². The first kappa shape index (κ1) is 14.0. The molecule has 0 aliphatic carbocycles. The number of hydrogen-bond donors (Lipinski definition) is 3. The Labute approximate surface area is 110 Å². The molecule has 0 spiro atoms. The molecule has 19 heavy (non-hydrogen) atoms. The zero-order valence-electron chi connectivity index (χ0n) is 10.9. The predicted octanol–water partition coefficient (Wildman–Crippen LogP) is 0.801. The van der Waals surface area contributed by atoms with Crippen LogP contribution < -0.4 is 10.9 Å². The van der Waals surface area contributed by atoms with E-state index in [1.165, 1.54) is 10.9 Å². The summed E-state index contributed by atoms with van der Waals surface area (Å²) in [6.07, 6.45) is 1.26. The minimum absolute atomic E-state index is 0.158. The van der Waals surface area contributed by atoms with Gasteiger partial charge in [-0.25, -0.2) is 4.68 Å². The van der Waals surface area contributed by atoms with Crippen molar-refractivity contribution in [3.05, 3.63) is 45.9 Å². The van der Waals surface area contributed by atoms with Crippen molar-refractivity contribution in [2.75, 3.05) is 7.11 Å². The van der Waals surface area contributed by atoms with Crippen LogP contribution in [0.2, 0.25) is 0 Å². The van der Waals surface area contributed by atoms with E-state index in [0.29, 0.717) is 5.69 Å². The van der Waals surface area contributed by atoms with Crippen LogP contribution in [-0.4, -0.2) is 26.7 Å². The monoisotopic (exact) mass is 283 g/mol. The third-order valence-corrected chi connectivity index (χ3v) is 4.24. The van der Waals surface area contributed by atoms with Gasteiger partial charge in [-0.1, -0.05) is 6.07 Å². The molecule has 0 atom stereocenters. The second-order valence-electron chi connectivity index (χ2n) is 4.37. The number of aromatic nitrogens is 2. The van der Waals surface area contributed by atoms with Crippen LogP contribution in [0.25, 0.3) is 5.69 Å². The highest BCUT2D eigenvalue weighted by Gasteiger charge is 2.43. The normalized spacial score (nSPS) is 11.8. The number of aromatic amines is 1. The minimum Gasteiger partial charge on any atom is -0.294 e. The summed E-state index contributed by atoms with van der Waals surface area (Å²) in [6.45, 7) is 3.85. The molecule has 0 amide bonds. The number of H-pyrrole nitrogens is 1. The van der Waals surface area contributed by atoms with Crippen LogP contribution in [0.4, 0.5) is 0 Å². The Morgan fingerprint density at radius 2 is 1.79 bits per heavy atom. The van der Waals surface area contributed by atoms with Crippen molar-refractivity contribution >= 4 is 13.2 Å². The van der Waals surface area contributed by atoms with Gasteiger partial charge in [0.25, 0.3) is 5.30 Å². The molecule has 0 aliphatic rings. The van der Waals surface area contributed by atoms with Crippen LogP contribution in [0.1, 0.15) is 11.1 Å². The highest BCUT2D eigenvalue weighted by molar-refractivity contribution is 7.67. The lowest BCUT2D eigenvalue weighted by atomic mass is 10.1. The molecule has 1 aromatic heterocycles. The third-order valence-electron chi connectivity index (χ3n) is 2.79. The van der Waals surface area contributed by atoms with E-state index in [4.69, 9.17) is 0 Å². The topological polar surface area (TPSA) is 87.5 Å². The molecule has 0 saturated heterocycles. The van der Waals surface area contributed by atoms with E-state index in [1.54, 1.807) is 0 Å². The van der Waals surface area contributed by atoms with Gasteiger partial charge in [0.15, 0.2) is 0 Å². The smallest absolute Gasteiger partial charge is 0.294 e. The summed E-state index contributed by atoms with van der Waals surface area (Å²) in [5.41, 5.74) is 2.15. The fourth-order valence-electron chi connectivity index (χ4n) is 1.94. The summed E-state index contributed by atoms with van der Waals surface area (Å²) in [7, 11) is -2.65. The maximum atomic E-state index is 12.2. The molecule has 2 rings (SSSR count). The molecule has 6 nitrogen and oxygen atoms in total. The number of benzene rings is 1. The fraction of sp³-hybridized carbons (Fsp3) is 0.250. The predicted molar refractivity (Wildman–Crippen MR) is 73.9 cm³/mol. The van der Waals surface area contributed by atoms with E-state index in [1.807, 2.05) is 32.0 Å². The Hall–Kier alpha value is -1.46. The van der Waals surface area contributed by atoms with Crippen molar-refractivity contribution < 1.29 is 14.3 Å². The van der Waals surface area contributed by atoms with E-state index < -0.39 is 13.5 Å². The third kappa shape index (κ3) is 2.62. The summed E-state index contributed by atoms with van der Waals surface area (Å²) in [5.74, 6) is 0. The molecule has 1 aromatic carbocycles. The van der Waals surface area contributed by atoms with E-state index in [9.17, 15) is 14.6 Å². The second-order valence-corrected chi connectivity index (χ2v) is 6.31. The fourth-order valence-corrected chi connectivity index (χ4v) is 2.71. The average Bonchev–Trinajstić information content (AvgIpc) is 2.70. The second kappa shape index (κ2) is 4.90. The zero-order valence-corrected chi connectivity index (χ0v) is 11.8. The van der Waals surface area contributed by atoms with Gasteiger partial charge in [0, 0.05) is 0 Å². The highest BCUT2D eigenvalue weighted by atomic mass is 31.2. The number of rotatable bonds is 3. The Balaban J connectivity index is 2.57. The van der Waals surface area contributed by atoms with Crippen LogP contribution in [-0.2, 0) is 4.52 Å². The maximum absolute atomic E-state index is 12.2. The van der Waals surface area contributed by atoms with Crippen molar-refractivity contribution in [3.8, 4) is 5.69 Å². The van der Waals surface area contributed by atoms with Gasteiger partial charge in [0.2, 0.25) is 0 Å². The Kier molecular flexibility index (Phi) is 3.60. The van der Waals surface area contributed by atoms with Crippen molar-refractivity contribution in [2.45, 2.75) is 13.8 Å². The first-order chi connectivity index (χ1) is 8.85. The van der Waals surface area contributed by atoms with Crippen LogP contribution in [0, 0.1) is 13.8 Å². The molecule has 102 valence electrons. The summed E-state index contributed by atoms with van der Waals surface area (Å²) < 4.78 is 5.85. The Bertz CT molecular complexity index is 640. The molecule has 0 fully saturated rings. The largest absolute Gasteiger partial charge is 0.450 e. The van der Waals surface area contributed by atoms with Crippen LogP contribution in [0.5, 0.6) is 0 Å². The van der Waals surface area contributed by atoms with Crippen molar-refractivity contribution in [1.29, 1.82) is 0 Å². The van der Waals surface area contributed by atoms with Crippen LogP contribution in [0.15, 0.2) is 29.2 Å². The lowest BCUT2D eigenvalue weighted by Crippen LogP contribution is -2.30. The Morgan fingerprint density at radius 1 is 1.21 bits per heavy atom. The highest BCUT2D eigenvalue weighted by Crippen LogP contribution is 2.47. The van der Waals surface area contributed by atoms with Gasteiger partial charge in [0.1, 0.15) is 0 Å². The first-order valence-electron chi connectivity index (χ1n) is 5.65. The molecule has 0 bridgehead atoms. The van der Waals surface area contributed by atoms with Gasteiger partial charge in [-0.3, -0.25) is 9.89 Å². The summed E-state index contributed by atoms with van der Waals surface area (Å²) >= 11 is 0. The van der Waals surface area contributed by atoms with Gasteiger partial charge < -0.3 is 0 Å². The zero-order chi connectivity index (χ0) is 14.2. The summed E-state index contributed by atoms with van der Waals surface area (Å²) in [5, 5.41) is 2.56. The molecular formula is C12H16N2O4P+. The number of hydrogen-bond acceptors (Lipinski definition) is 4. The average molecular weight is 283 g/mol. The molecule has 0 unspecified atom stereocenters. The summed E-state index contributed by atoms with van der Waals surface area (Å²) in [6, 6.07) is 5.65. The lowest BCUT2D eigenvalue weighted by Gasteiger charge is -2.05. The van der Waals surface area contributed by atoms with E-state index in [2.05, 4.69) is 9.62 Å². The van der Waals surface area contributed by atoms with E-state index in [0.717, 1.165) is 18.2 Å².